The quantitative estimate of drug-likeness (QED) is 0.767. The molecule has 0 amide bonds. The fourth-order valence-electron chi connectivity index (χ4n) is 2.41. The third-order valence-electron chi connectivity index (χ3n) is 3.27. The van der Waals surface area contributed by atoms with Gasteiger partial charge >= 0.3 is 0 Å². The standard InChI is InChI=1S/C13H21ClN4S/c1-5-10-12-13(17(4)16-10)18(11(7-14)15-12)9(3)8-19-6-2/h9H,5-8H2,1-4H3. The number of hydrogen-bond donors (Lipinski definition) is 0. The summed E-state index contributed by atoms with van der Waals surface area (Å²) in [5, 5.41) is 4.55. The first kappa shape index (κ1) is 14.7. The van der Waals surface area contributed by atoms with Crippen LogP contribution in [0.4, 0.5) is 0 Å². The summed E-state index contributed by atoms with van der Waals surface area (Å²) in [7, 11) is 1.98. The minimum absolute atomic E-state index is 0.379. The maximum Gasteiger partial charge on any atom is 0.158 e. The zero-order valence-corrected chi connectivity index (χ0v) is 13.6. The van der Waals surface area contributed by atoms with Crippen LogP contribution in [0.15, 0.2) is 0 Å². The number of halogens is 1. The van der Waals surface area contributed by atoms with Gasteiger partial charge < -0.3 is 4.57 Å². The highest BCUT2D eigenvalue weighted by Gasteiger charge is 2.21. The second-order valence-corrected chi connectivity index (χ2v) is 6.22. The zero-order valence-electron chi connectivity index (χ0n) is 12.0. The van der Waals surface area contributed by atoms with Gasteiger partial charge in [0.25, 0.3) is 0 Å². The summed E-state index contributed by atoms with van der Waals surface area (Å²) < 4.78 is 4.18. The number of hydrogen-bond acceptors (Lipinski definition) is 3. The topological polar surface area (TPSA) is 35.6 Å². The lowest BCUT2D eigenvalue weighted by molar-refractivity contribution is 0.583. The molecule has 0 aliphatic carbocycles. The average molecular weight is 301 g/mol. The third kappa shape index (κ3) is 2.63. The van der Waals surface area contributed by atoms with Crippen LogP contribution in [-0.4, -0.2) is 30.8 Å². The molecule has 0 N–H and O–H groups in total. The van der Waals surface area contributed by atoms with Gasteiger partial charge in [-0.25, -0.2) is 4.98 Å². The minimum atomic E-state index is 0.379. The number of nitrogens with zero attached hydrogens (tertiary/aromatic N) is 4. The van der Waals surface area contributed by atoms with E-state index >= 15 is 0 Å². The molecule has 0 saturated carbocycles. The Balaban J connectivity index is 2.53. The number of rotatable bonds is 6. The monoisotopic (exact) mass is 300 g/mol. The molecule has 0 radical (unpaired) electrons. The summed E-state index contributed by atoms with van der Waals surface area (Å²) in [4.78, 5) is 4.69. The van der Waals surface area contributed by atoms with Crippen molar-refractivity contribution in [3.05, 3.63) is 11.5 Å². The molecule has 2 heterocycles. The second kappa shape index (κ2) is 6.18. The maximum atomic E-state index is 6.07. The van der Waals surface area contributed by atoms with Gasteiger partial charge in [0.15, 0.2) is 5.65 Å². The first-order valence-corrected chi connectivity index (χ1v) is 8.39. The molecule has 2 aromatic rings. The molecular weight excluding hydrogens is 280 g/mol. The van der Waals surface area contributed by atoms with Crippen LogP contribution in [0, 0.1) is 0 Å². The Morgan fingerprint density at radius 2 is 2.11 bits per heavy atom. The van der Waals surface area contributed by atoms with Crippen molar-refractivity contribution in [2.24, 2.45) is 7.05 Å². The highest BCUT2D eigenvalue weighted by Crippen LogP contribution is 2.26. The van der Waals surface area contributed by atoms with E-state index < -0.39 is 0 Å². The van der Waals surface area contributed by atoms with Crippen molar-refractivity contribution in [1.82, 2.24) is 19.3 Å². The van der Waals surface area contributed by atoms with E-state index in [0.29, 0.717) is 11.9 Å². The Morgan fingerprint density at radius 1 is 1.37 bits per heavy atom. The van der Waals surface area contributed by atoms with Crippen LogP contribution in [-0.2, 0) is 19.3 Å². The average Bonchev–Trinajstić information content (AvgIpc) is 2.93. The lowest BCUT2D eigenvalue weighted by Crippen LogP contribution is -2.13. The molecule has 1 atom stereocenters. The minimum Gasteiger partial charge on any atom is -0.308 e. The van der Waals surface area contributed by atoms with Gasteiger partial charge in [0.1, 0.15) is 11.3 Å². The third-order valence-corrected chi connectivity index (χ3v) is 4.63. The van der Waals surface area contributed by atoms with Gasteiger partial charge in [0.05, 0.1) is 11.6 Å². The van der Waals surface area contributed by atoms with Crippen molar-refractivity contribution in [3.8, 4) is 0 Å². The Labute approximate surface area is 123 Å². The second-order valence-electron chi connectivity index (χ2n) is 4.64. The summed E-state index contributed by atoms with van der Waals surface area (Å²) in [6, 6.07) is 0.379. The summed E-state index contributed by atoms with van der Waals surface area (Å²) in [5.41, 5.74) is 3.16. The SMILES string of the molecule is CCSCC(C)n1c(CCl)nc2c(CC)nn(C)c21. The van der Waals surface area contributed by atoms with E-state index in [0.717, 1.165) is 40.6 Å². The van der Waals surface area contributed by atoms with Crippen LogP contribution >= 0.6 is 23.4 Å². The zero-order chi connectivity index (χ0) is 14.0. The normalized spacial score (nSPS) is 13.3. The summed E-state index contributed by atoms with van der Waals surface area (Å²) in [6.45, 7) is 6.51. The molecule has 0 aliphatic heterocycles. The van der Waals surface area contributed by atoms with E-state index in [9.17, 15) is 0 Å². The number of alkyl halides is 1. The van der Waals surface area contributed by atoms with Crippen molar-refractivity contribution in [3.63, 3.8) is 0 Å². The summed E-state index contributed by atoms with van der Waals surface area (Å²) in [5.74, 6) is 3.59. The molecule has 0 bridgehead atoms. The molecule has 0 aliphatic rings. The first-order chi connectivity index (χ1) is 9.13. The van der Waals surface area contributed by atoms with Crippen LogP contribution in [0.3, 0.4) is 0 Å². The van der Waals surface area contributed by atoms with Crippen LogP contribution in [0.1, 0.15) is 38.3 Å². The molecule has 0 spiro atoms. The summed E-state index contributed by atoms with van der Waals surface area (Å²) >= 11 is 8.01. The first-order valence-electron chi connectivity index (χ1n) is 6.70. The molecule has 19 heavy (non-hydrogen) atoms. The number of fused-ring (bicyclic) bond motifs is 1. The van der Waals surface area contributed by atoms with Crippen LogP contribution < -0.4 is 0 Å². The van der Waals surface area contributed by atoms with Crippen molar-refractivity contribution < 1.29 is 0 Å². The number of imidazole rings is 1. The Bertz CT molecular complexity index is 560. The van der Waals surface area contributed by atoms with Crippen molar-refractivity contribution in [2.45, 2.75) is 39.1 Å². The van der Waals surface area contributed by atoms with Crippen LogP contribution in [0.25, 0.3) is 11.2 Å². The van der Waals surface area contributed by atoms with Gasteiger partial charge in [0.2, 0.25) is 0 Å². The van der Waals surface area contributed by atoms with E-state index in [1.54, 1.807) is 0 Å². The summed E-state index contributed by atoms with van der Waals surface area (Å²) in [6.07, 6.45) is 0.897. The molecule has 2 rings (SSSR count). The molecule has 4 nitrogen and oxygen atoms in total. The smallest absolute Gasteiger partial charge is 0.158 e. The molecule has 0 saturated heterocycles. The van der Waals surface area contributed by atoms with E-state index in [1.165, 1.54) is 0 Å². The van der Waals surface area contributed by atoms with Gasteiger partial charge in [-0.1, -0.05) is 13.8 Å². The van der Waals surface area contributed by atoms with Gasteiger partial charge in [-0.15, -0.1) is 11.6 Å². The van der Waals surface area contributed by atoms with Gasteiger partial charge in [-0.2, -0.15) is 16.9 Å². The van der Waals surface area contributed by atoms with Crippen LogP contribution in [0.2, 0.25) is 0 Å². The van der Waals surface area contributed by atoms with Gasteiger partial charge in [-0.05, 0) is 19.1 Å². The molecule has 0 fully saturated rings. The highest BCUT2D eigenvalue weighted by atomic mass is 35.5. The molecule has 2 aromatic heterocycles. The lowest BCUT2D eigenvalue weighted by Gasteiger charge is -2.16. The molecule has 0 aromatic carbocycles. The fraction of sp³-hybridized carbons (Fsp3) is 0.692. The Kier molecular flexibility index (Phi) is 4.79. The molecular formula is C13H21ClN4S. The molecule has 1 unspecified atom stereocenters. The van der Waals surface area contributed by atoms with Crippen molar-refractivity contribution in [1.29, 1.82) is 0 Å². The number of aromatic nitrogens is 4. The predicted octanol–water partition coefficient (Wildman–Crippen LogP) is 3.39. The highest BCUT2D eigenvalue weighted by molar-refractivity contribution is 7.99. The number of aryl methyl sites for hydroxylation is 2. The van der Waals surface area contributed by atoms with E-state index in [4.69, 9.17) is 16.6 Å². The Hall–Kier alpha value is -0.680. The van der Waals surface area contributed by atoms with Crippen LogP contribution in [0.5, 0.6) is 0 Å². The number of thioether (sulfide) groups is 1. The maximum absolute atomic E-state index is 6.07. The fourth-order valence-corrected chi connectivity index (χ4v) is 3.32. The Morgan fingerprint density at radius 3 is 2.68 bits per heavy atom. The molecule has 106 valence electrons. The van der Waals surface area contributed by atoms with E-state index in [1.807, 2.05) is 23.5 Å². The van der Waals surface area contributed by atoms with Crippen molar-refractivity contribution >= 4 is 34.5 Å². The van der Waals surface area contributed by atoms with E-state index in [2.05, 4.69) is 30.4 Å². The van der Waals surface area contributed by atoms with Gasteiger partial charge in [0, 0.05) is 18.8 Å². The largest absolute Gasteiger partial charge is 0.308 e. The van der Waals surface area contributed by atoms with Crippen molar-refractivity contribution in [2.75, 3.05) is 11.5 Å². The molecule has 6 heteroatoms. The lowest BCUT2D eigenvalue weighted by atomic mass is 10.3. The van der Waals surface area contributed by atoms with E-state index in [-0.39, 0.29) is 0 Å². The predicted molar refractivity (Wildman–Crippen MR) is 83.1 cm³/mol. The van der Waals surface area contributed by atoms with Gasteiger partial charge in [-0.3, -0.25) is 4.68 Å².